The van der Waals surface area contributed by atoms with E-state index >= 15 is 0 Å². The lowest BCUT2D eigenvalue weighted by molar-refractivity contribution is -0.137. The second-order valence-corrected chi connectivity index (χ2v) is 10.6. The first-order valence-corrected chi connectivity index (χ1v) is 13.8. The van der Waals surface area contributed by atoms with Crippen molar-refractivity contribution >= 4 is 57.5 Å². The van der Waals surface area contributed by atoms with Crippen LogP contribution >= 0.6 is 23.1 Å². The molecule has 0 saturated carbocycles. The van der Waals surface area contributed by atoms with Gasteiger partial charge in [-0.1, -0.05) is 12.1 Å². The molecule has 0 aliphatic carbocycles. The molecule has 0 radical (unpaired) electrons. The van der Waals surface area contributed by atoms with Gasteiger partial charge in [0.2, 0.25) is 5.91 Å². The summed E-state index contributed by atoms with van der Waals surface area (Å²) in [5.41, 5.74) is 4.35. The van der Waals surface area contributed by atoms with Crippen molar-refractivity contribution in [2.24, 2.45) is 5.10 Å². The van der Waals surface area contributed by atoms with E-state index in [1.807, 2.05) is 40.6 Å². The first kappa shape index (κ1) is 26.1. The maximum Gasteiger partial charge on any atom is 0.416 e. The molecule has 38 heavy (non-hydrogen) atoms. The summed E-state index contributed by atoms with van der Waals surface area (Å²) in [6, 6.07) is 17.3. The van der Waals surface area contributed by atoms with Crippen LogP contribution in [0.1, 0.15) is 10.4 Å². The van der Waals surface area contributed by atoms with Gasteiger partial charge in [0.1, 0.15) is 0 Å². The second-order valence-electron chi connectivity index (χ2n) is 8.63. The number of nitrogens with one attached hydrogen (secondary N) is 1. The number of hydrogen-bond donors (Lipinski definition) is 1. The Morgan fingerprint density at radius 2 is 1.79 bits per heavy atom. The Morgan fingerprint density at radius 1 is 1.03 bits per heavy atom. The highest BCUT2D eigenvalue weighted by Gasteiger charge is 2.31. The molecule has 5 rings (SSSR count). The van der Waals surface area contributed by atoms with Crippen molar-refractivity contribution in [3.8, 4) is 0 Å². The van der Waals surface area contributed by atoms with Crippen LogP contribution in [0.3, 0.4) is 0 Å². The van der Waals surface area contributed by atoms with Crippen molar-refractivity contribution in [1.29, 1.82) is 0 Å². The van der Waals surface area contributed by atoms with E-state index in [-0.39, 0.29) is 11.7 Å². The van der Waals surface area contributed by atoms with Crippen molar-refractivity contribution < 1.29 is 18.0 Å². The number of carbonyl (C=O) groups is 1. The molecule has 1 aliphatic heterocycles. The number of amides is 1. The minimum atomic E-state index is -4.36. The van der Waals surface area contributed by atoms with Crippen molar-refractivity contribution in [2.45, 2.75) is 11.1 Å². The summed E-state index contributed by atoms with van der Waals surface area (Å²) < 4.78 is 39.4. The lowest BCUT2D eigenvalue weighted by atomic mass is 10.1. The van der Waals surface area contributed by atoms with Gasteiger partial charge in [-0.3, -0.25) is 9.78 Å². The van der Waals surface area contributed by atoms with Gasteiger partial charge >= 0.3 is 6.18 Å². The zero-order chi connectivity index (χ0) is 26.5. The van der Waals surface area contributed by atoms with Crippen molar-refractivity contribution in [3.63, 3.8) is 0 Å². The Labute approximate surface area is 226 Å². The Hall–Kier alpha value is -3.57. The van der Waals surface area contributed by atoms with E-state index < -0.39 is 11.7 Å². The van der Waals surface area contributed by atoms with Gasteiger partial charge < -0.3 is 9.80 Å². The molecule has 0 spiro atoms. The summed E-state index contributed by atoms with van der Waals surface area (Å²) in [4.78, 5) is 22.8. The molecular formula is C27H24F3N5OS2. The molecule has 0 unspecified atom stereocenters. The van der Waals surface area contributed by atoms with Crippen LogP contribution in [-0.4, -0.2) is 49.0 Å². The molecule has 0 bridgehead atoms. The predicted molar refractivity (Wildman–Crippen MR) is 148 cm³/mol. The van der Waals surface area contributed by atoms with Gasteiger partial charge in [-0.15, -0.1) is 23.1 Å². The fourth-order valence-electron chi connectivity index (χ4n) is 4.24. The standard InChI is InChI=1S/C27H24F3N5OS2/c28-27(29,30)19-3-1-4-20(15-19)34-10-12-35(13-11-34)21-6-7-24-23(16-21)25(8-9-31-24)38-18-26(36)33-32-17-22-5-2-14-37-22/h1-9,14-17H,10-13,18H2,(H,33,36)/b32-17+. The van der Waals surface area contributed by atoms with Crippen LogP contribution in [0.15, 0.2) is 82.2 Å². The summed E-state index contributed by atoms with van der Waals surface area (Å²) in [6.45, 7) is 2.57. The summed E-state index contributed by atoms with van der Waals surface area (Å²) >= 11 is 2.96. The highest BCUT2D eigenvalue weighted by atomic mass is 32.2. The average Bonchev–Trinajstić information content (AvgIpc) is 3.45. The van der Waals surface area contributed by atoms with Gasteiger partial charge in [-0.2, -0.15) is 18.3 Å². The normalized spacial score (nSPS) is 14.4. The molecule has 1 saturated heterocycles. The lowest BCUT2D eigenvalue weighted by Crippen LogP contribution is -2.46. The molecule has 1 aliphatic rings. The summed E-state index contributed by atoms with van der Waals surface area (Å²) in [5, 5.41) is 6.89. The Bertz CT molecular complexity index is 1430. The first-order chi connectivity index (χ1) is 18.4. The number of aromatic nitrogens is 1. The summed E-state index contributed by atoms with van der Waals surface area (Å²) in [6.07, 6.45) is -1.01. The average molecular weight is 556 g/mol. The van der Waals surface area contributed by atoms with E-state index in [2.05, 4.69) is 26.5 Å². The Balaban J connectivity index is 1.23. The third-order valence-electron chi connectivity index (χ3n) is 6.15. The van der Waals surface area contributed by atoms with Crippen molar-refractivity contribution in [1.82, 2.24) is 10.4 Å². The number of thiophene rings is 1. The van der Waals surface area contributed by atoms with Crippen LogP contribution in [-0.2, 0) is 11.0 Å². The number of alkyl halides is 3. The van der Waals surface area contributed by atoms with Gasteiger partial charge in [-0.25, -0.2) is 5.43 Å². The number of piperazine rings is 1. The van der Waals surface area contributed by atoms with Gasteiger partial charge in [0, 0.05) is 58.9 Å². The quantitative estimate of drug-likeness (QED) is 0.175. The van der Waals surface area contributed by atoms with Gasteiger partial charge in [0.15, 0.2) is 0 Å². The number of carbonyl (C=O) groups excluding carboxylic acids is 1. The van der Waals surface area contributed by atoms with Crippen LogP contribution in [0.4, 0.5) is 24.5 Å². The molecule has 4 aromatic rings. The zero-order valence-electron chi connectivity index (χ0n) is 20.2. The second kappa shape index (κ2) is 11.4. The van der Waals surface area contributed by atoms with Crippen LogP contribution in [0.5, 0.6) is 0 Å². The van der Waals surface area contributed by atoms with E-state index in [0.717, 1.165) is 32.4 Å². The number of rotatable bonds is 7. The van der Waals surface area contributed by atoms with Crippen LogP contribution in [0.2, 0.25) is 0 Å². The zero-order valence-corrected chi connectivity index (χ0v) is 21.8. The number of pyridine rings is 1. The highest BCUT2D eigenvalue weighted by molar-refractivity contribution is 8.00. The van der Waals surface area contributed by atoms with E-state index in [1.165, 1.54) is 35.2 Å². The van der Waals surface area contributed by atoms with Crippen molar-refractivity contribution in [3.05, 3.63) is 82.7 Å². The van der Waals surface area contributed by atoms with E-state index in [9.17, 15) is 18.0 Å². The molecule has 1 N–H and O–H groups in total. The number of benzene rings is 2. The minimum Gasteiger partial charge on any atom is -0.368 e. The number of fused-ring (bicyclic) bond motifs is 1. The number of anilines is 2. The number of hydrogen-bond acceptors (Lipinski definition) is 7. The number of halogens is 3. The fraction of sp³-hybridized carbons (Fsp3) is 0.222. The lowest BCUT2D eigenvalue weighted by Gasteiger charge is -2.37. The molecule has 11 heteroatoms. The topological polar surface area (TPSA) is 60.8 Å². The SMILES string of the molecule is O=C(CSc1ccnc2ccc(N3CCN(c4cccc(C(F)(F)F)c4)CC3)cc12)N/N=C/c1cccs1. The van der Waals surface area contributed by atoms with Crippen molar-refractivity contribution in [2.75, 3.05) is 41.7 Å². The summed E-state index contributed by atoms with van der Waals surface area (Å²) in [7, 11) is 0. The first-order valence-electron chi connectivity index (χ1n) is 11.9. The van der Waals surface area contributed by atoms with E-state index in [1.54, 1.807) is 18.5 Å². The molecule has 2 aromatic heterocycles. The van der Waals surface area contributed by atoms with Crippen LogP contribution < -0.4 is 15.2 Å². The van der Waals surface area contributed by atoms with Gasteiger partial charge in [-0.05, 0) is 53.9 Å². The number of hydrazone groups is 1. The smallest absolute Gasteiger partial charge is 0.368 e. The maximum atomic E-state index is 13.1. The molecule has 1 fully saturated rings. The third kappa shape index (κ3) is 6.28. The van der Waals surface area contributed by atoms with Gasteiger partial charge in [0.05, 0.1) is 23.0 Å². The largest absolute Gasteiger partial charge is 0.416 e. The van der Waals surface area contributed by atoms with Crippen LogP contribution in [0.25, 0.3) is 10.9 Å². The van der Waals surface area contributed by atoms with E-state index in [4.69, 9.17) is 0 Å². The molecule has 3 heterocycles. The molecule has 0 atom stereocenters. The molecule has 196 valence electrons. The monoisotopic (exact) mass is 555 g/mol. The predicted octanol–water partition coefficient (Wildman–Crippen LogP) is 5.88. The molecular weight excluding hydrogens is 531 g/mol. The Morgan fingerprint density at radius 3 is 2.50 bits per heavy atom. The highest BCUT2D eigenvalue weighted by Crippen LogP contribution is 2.33. The minimum absolute atomic E-state index is 0.199. The molecule has 2 aromatic carbocycles. The Kier molecular flexibility index (Phi) is 7.85. The van der Waals surface area contributed by atoms with Gasteiger partial charge in [0.25, 0.3) is 0 Å². The van der Waals surface area contributed by atoms with E-state index in [0.29, 0.717) is 31.9 Å². The third-order valence-corrected chi connectivity index (χ3v) is 8.03. The maximum absolute atomic E-state index is 13.1. The molecule has 1 amide bonds. The number of thioether (sulfide) groups is 1. The van der Waals surface area contributed by atoms with Crippen LogP contribution in [0, 0.1) is 0 Å². The fourth-order valence-corrected chi connectivity index (χ4v) is 5.65. The number of nitrogens with zero attached hydrogens (tertiary/aromatic N) is 4. The molecule has 6 nitrogen and oxygen atoms in total. The summed E-state index contributed by atoms with van der Waals surface area (Å²) in [5.74, 6) is 0.00970.